The summed E-state index contributed by atoms with van der Waals surface area (Å²) >= 11 is 0. The van der Waals surface area contributed by atoms with E-state index < -0.39 is 74.6 Å². The van der Waals surface area contributed by atoms with E-state index in [0.717, 1.165) is 0 Å². The molecular formula is C12H22O11. The molecule has 0 aliphatic carbocycles. The van der Waals surface area contributed by atoms with Crippen LogP contribution in [-0.4, -0.2) is 115 Å². The maximum absolute atomic E-state index is 11.6. The lowest BCUT2D eigenvalue weighted by molar-refractivity contribution is -0.299. The fourth-order valence-electron chi connectivity index (χ4n) is 1.96. The Morgan fingerprint density at radius 1 is 1.04 bits per heavy atom. The first-order valence-corrected chi connectivity index (χ1v) is 6.84. The number of hydrogen-bond donors (Lipinski definition) is 8. The van der Waals surface area contributed by atoms with Crippen LogP contribution in [0.25, 0.3) is 0 Å². The average molecular weight is 342 g/mol. The minimum atomic E-state index is -2.05. The second-order valence-electron chi connectivity index (χ2n) is 5.16. The van der Waals surface area contributed by atoms with Crippen molar-refractivity contribution in [1.29, 1.82) is 0 Å². The van der Waals surface area contributed by atoms with Crippen LogP contribution in [0.4, 0.5) is 0 Å². The molecule has 0 spiro atoms. The Kier molecular flexibility index (Phi) is 7.89. The number of rotatable bonds is 8. The van der Waals surface area contributed by atoms with Crippen LogP contribution in [0.3, 0.4) is 0 Å². The highest BCUT2D eigenvalue weighted by Gasteiger charge is 2.44. The molecule has 23 heavy (non-hydrogen) atoms. The Hall–Kier alpha value is -0.730. The maximum Gasteiger partial charge on any atom is 0.189 e. The first kappa shape index (κ1) is 20.3. The van der Waals surface area contributed by atoms with E-state index in [4.69, 9.17) is 24.8 Å². The predicted octanol–water partition coefficient (Wildman–Crippen LogP) is -5.55. The van der Waals surface area contributed by atoms with Crippen molar-refractivity contribution in [2.75, 3.05) is 19.8 Å². The van der Waals surface area contributed by atoms with Gasteiger partial charge in [0.25, 0.3) is 0 Å². The number of carbonyl (C=O) groups excluding carboxylic acids is 1. The molecule has 8 N–H and O–H groups in total. The minimum absolute atomic E-state index is 0.678. The van der Waals surface area contributed by atoms with E-state index in [-0.39, 0.29) is 0 Å². The first-order chi connectivity index (χ1) is 10.7. The Bertz CT molecular complexity index is 376. The van der Waals surface area contributed by atoms with Gasteiger partial charge in [-0.3, -0.25) is 4.79 Å². The largest absolute Gasteiger partial charge is 0.394 e. The quantitative estimate of drug-likeness (QED) is 0.209. The molecule has 1 saturated heterocycles. The number of carbonyl (C=O) groups is 1. The monoisotopic (exact) mass is 342 g/mol. The molecule has 0 amide bonds. The van der Waals surface area contributed by atoms with Crippen molar-refractivity contribution in [2.24, 2.45) is 0 Å². The number of ether oxygens (including phenoxy) is 2. The molecule has 1 aliphatic heterocycles. The van der Waals surface area contributed by atoms with Crippen molar-refractivity contribution < 1.29 is 55.1 Å². The molecule has 11 heteroatoms. The molecule has 136 valence electrons. The third-order valence-corrected chi connectivity index (χ3v) is 3.47. The van der Waals surface area contributed by atoms with Crippen molar-refractivity contribution in [1.82, 2.24) is 0 Å². The normalized spacial score (nSPS) is 35.6. The highest BCUT2D eigenvalue weighted by Crippen LogP contribution is 2.22. The molecule has 1 aliphatic rings. The molecule has 8 atom stereocenters. The maximum atomic E-state index is 11.6. The predicted molar refractivity (Wildman–Crippen MR) is 69.8 cm³/mol. The van der Waals surface area contributed by atoms with Gasteiger partial charge in [0, 0.05) is 0 Å². The summed E-state index contributed by atoms with van der Waals surface area (Å²) in [5, 5.41) is 74.4. The van der Waals surface area contributed by atoms with E-state index in [1.165, 1.54) is 0 Å². The molecule has 0 aromatic rings. The summed E-state index contributed by atoms with van der Waals surface area (Å²) in [7, 11) is 0. The van der Waals surface area contributed by atoms with Crippen LogP contribution in [0.15, 0.2) is 0 Å². The van der Waals surface area contributed by atoms with Gasteiger partial charge < -0.3 is 50.3 Å². The number of aliphatic hydroxyl groups excluding tert-OH is 8. The van der Waals surface area contributed by atoms with Crippen molar-refractivity contribution in [3.05, 3.63) is 0 Å². The van der Waals surface area contributed by atoms with Gasteiger partial charge in [0.1, 0.15) is 49.3 Å². The molecule has 0 bridgehead atoms. The second-order valence-corrected chi connectivity index (χ2v) is 5.16. The van der Waals surface area contributed by atoms with Gasteiger partial charge in [-0.15, -0.1) is 0 Å². The highest BCUT2D eigenvalue weighted by molar-refractivity contribution is 5.84. The summed E-state index contributed by atoms with van der Waals surface area (Å²) in [6, 6.07) is 0. The van der Waals surface area contributed by atoms with Crippen molar-refractivity contribution in [3.8, 4) is 0 Å². The van der Waals surface area contributed by atoms with E-state index in [9.17, 15) is 30.3 Å². The molecule has 1 heterocycles. The van der Waals surface area contributed by atoms with Crippen LogP contribution in [0.2, 0.25) is 0 Å². The lowest BCUT2D eigenvalue weighted by Gasteiger charge is -2.39. The molecule has 4 unspecified atom stereocenters. The molecular weight excluding hydrogens is 320 g/mol. The van der Waals surface area contributed by atoms with Gasteiger partial charge in [-0.05, 0) is 0 Å². The zero-order valence-electron chi connectivity index (χ0n) is 12.0. The van der Waals surface area contributed by atoms with Crippen LogP contribution < -0.4 is 0 Å². The van der Waals surface area contributed by atoms with Crippen molar-refractivity contribution in [2.45, 2.75) is 49.0 Å². The summed E-state index contributed by atoms with van der Waals surface area (Å²) in [5.41, 5.74) is 0. The van der Waals surface area contributed by atoms with Gasteiger partial charge in [0.2, 0.25) is 0 Å². The summed E-state index contributed by atoms with van der Waals surface area (Å²) < 4.78 is 9.85. The zero-order valence-corrected chi connectivity index (χ0v) is 12.0. The third kappa shape index (κ3) is 4.87. The van der Waals surface area contributed by atoms with Gasteiger partial charge in [-0.25, -0.2) is 0 Å². The van der Waals surface area contributed by atoms with E-state index in [2.05, 4.69) is 0 Å². The van der Waals surface area contributed by atoms with Gasteiger partial charge in [0.05, 0.1) is 13.2 Å². The second kappa shape index (κ2) is 8.94. The van der Waals surface area contributed by atoms with E-state index in [1.807, 2.05) is 0 Å². The van der Waals surface area contributed by atoms with Crippen molar-refractivity contribution >= 4 is 5.78 Å². The molecule has 11 nitrogen and oxygen atoms in total. The van der Waals surface area contributed by atoms with Gasteiger partial charge >= 0.3 is 0 Å². The number of ketones is 1. The third-order valence-electron chi connectivity index (χ3n) is 3.47. The van der Waals surface area contributed by atoms with Crippen LogP contribution in [0, 0.1) is 0 Å². The SMILES string of the molecule is O=C(COC1O[C@H](CO)[C@H](O)[C@H](O)[C@H]1O)C(O)C(O)C(O)CO. The van der Waals surface area contributed by atoms with Gasteiger partial charge in [-0.1, -0.05) is 0 Å². The Morgan fingerprint density at radius 2 is 1.65 bits per heavy atom. The number of hydrogen-bond acceptors (Lipinski definition) is 11. The van der Waals surface area contributed by atoms with Gasteiger partial charge in [0.15, 0.2) is 12.1 Å². The molecule has 0 aromatic heterocycles. The number of aliphatic hydroxyl groups is 8. The number of Topliss-reactive ketones (excluding diaryl/α,β-unsaturated/α-hetero) is 1. The van der Waals surface area contributed by atoms with Crippen LogP contribution in [0.5, 0.6) is 0 Å². The smallest absolute Gasteiger partial charge is 0.189 e. The minimum Gasteiger partial charge on any atom is -0.394 e. The van der Waals surface area contributed by atoms with E-state index >= 15 is 0 Å². The molecule has 1 fully saturated rings. The standard InChI is InChI=1S/C12H22O11/c13-1-4(15)7(17)8(18)5(16)3-22-12-11(21)10(20)9(19)6(2-14)23-12/h4,6-15,17-21H,1-3H2/t4?,6-,7?,8?,9+,10+,11-,12?/m1/s1. The topological polar surface area (TPSA) is 197 Å². The summed E-state index contributed by atoms with van der Waals surface area (Å²) in [6.07, 6.45) is -13.5. The highest BCUT2D eigenvalue weighted by atomic mass is 16.7. The molecule has 0 aromatic carbocycles. The van der Waals surface area contributed by atoms with E-state index in [1.54, 1.807) is 0 Å². The lowest BCUT2D eigenvalue weighted by atomic mass is 9.99. The first-order valence-electron chi connectivity index (χ1n) is 6.84. The van der Waals surface area contributed by atoms with Crippen molar-refractivity contribution in [3.63, 3.8) is 0 Å². The summed E-state index contributed by atoms with van der Waals surface area (Å²) in [5.74, 6) is -1.08. The van der Waals surface area contributed by atoms with Gasteiger partial charge in [-0.2, -0.15) is 0 Å². The molecule has 0 radical (unpaired) electrons. The van der Waals surface area contributed by atoms with Crippen LogP contribution in [-0.2, 0) is 14.3 Å². The average Bonchev–Trinajstić information content (AvgIpc) is 2.56. The molecule has 1 rings (SSSR count). The Morgan fingerprint density at radius 3 is 2.17 bits per heavy atom. The summed E-state index contributed by atoms with van der Waals surface area (Å²) in [6.45, 7) is -2.42. The fraction of sp³-hybridized carbons (Fsp3) is 0.917. The Balaban J connectivity index is 2.57. The van der Waals surface area contributed by atoms with E-state index in [0.29, 0.717) is 0 Å². The summed E-state index contributed by atoms with van der Waals surface area (Å²) in [4.78, 5) is 11.6. The fourth-order valence-corrected chi connectivity index (χ4v) is 1.96. The van der Waals surface area contributed by atoms with Crippen LogP contribution in [0.1, 0.15) is 0 Å². The Labute approximate surface area is 130 Å². The lowest BCUT2D eigenvalue weighted by Crippen LogP contribution is -2.59. The van der Waals surface area contributed by atoms with Crippen LogP contribution >= 0.6 is 0 Å². The molecule has 0 saturated carbocycles. The zero-order chi connectivity index (χ0) is 17.7.